The van der Waals surface area contributed by atoms with Crippen molar-refractivity contribution in [3.8, 4) is 0 Å². The zero-order valence-electron chi connectivity index (χ0n) is 38.1. The highest BCUT2D eigenvalue weighted by atomic mass is 16.5. The fourth-order valence-electron chi connectivity index (χ4n) is 7.37. The van der Waals surface area contributed by atoms with E-state index in [0.29, 0.717) is 19.4 Å². The number of hydrogen-bond acceptors (Lipinski definition) is 7. The molecular weight excluding hydrogens is 695 g/mol. The fourth-order valence-corrected chi connectivity index (χ4v) is 7.37. The lowest BCUT2D eigenvalue weighted by Crippen LogP contribution is -2.31. The molecule has 0 aliphatic carbocycles. The molecule has 7 nitrogen and oxygen atoms in total. The van der Waals surface area contributed by atoms with Gasteiger partial charge in [0.05, 0.1) is 5.82 Å². The van der Waals surface area contributed by atoms with Crippen LogP contribution in [0.15, 0.2) is 24.0 Å². The van der Waals surface area contributed by atoms with Gasteiger partial charge in [0, 0.05) is 26.4 Å². The molecule has 0 aromatic heterocycles. The molecule has 7 heteroatoms. The molecule has 0 saturated carbocycles. The zero-order chi connectivity index (χ0) is 41.0. The summed E-state index contributed by atoms with van der Waals surface area (Å²) in [6, 6.07) is 0. The van der Waals surface area contributed by atoms with Crippen molar-refractivity contribution in [1.82, 2.24) is 15.5 Å². The summed E-state index contributed by atoms with van der Waals surface area (Å²) in [5.74, 6) is 1.05. The lowest BCUT2D eigenvalue weighted by Gasteiger charge is -2.23. The Kier molecular flexibility index (Phi) is 42.5. The molecule has 0 bridgehead atoms. The van der Waals surface area contributed by atoms with E-state index >= 15 is 0 Å². The molecule has 0 heterocycles. The van der Waals surface area contributed by atoms with Gasteiger partial charge in [0.2, 0.25) is 0 Å². The second kappa shape index (κ2) is 44.1. The number of hydrogen-bond donors (Lipinski definition) is 2. The minimum Gasteiger partial charge on any atom is -0.462 e. The van der Waals surface area contributed by atoms with E-state index in [-0.39, 0.29) is 18.0 Å². The summed E-state index contributed by atoms with van der Waals surface area (Å²) >= 11 is 0. The van der Waals surface area contributed by atoms with Crippen LogP contribution in [-0.2, 0) is 19.1 Å². The van der Waals surface area contributed by atoms with Crippen LogP contribution >= 0.6 is 0 Å². The van der Waals surface area contributed by atoms with E-state index in [0.717, 1.165) is 83.4 Å². The Balaban J connectivity index is 4.39. The predicted octanol–water partition coefficient (Wildman–Crippen LogP) is 13.5. The Morgan fingerprint density at radius 1 is 0.554 bits per heavy atom. The van der Waals surface area contributed by atoms with Crippen molar-refractivity contribution in [2.45, 2.75) is 239 Å². The maximum atomic E-state index is 12.8. The van der Waals surface area contributed by atoms with Crippen molar-refractivity contribution in [3.63, 3.8) is 0 Å². The topological polar surface area (TPSA) is 79.9 Å². The van der Waals surface area contributed by atoms with E-state index in [2.05, 4.69) is 55.4 Å². The number of unbranched alkanes of at least 4 members (excludes halogenated alkanes) is 22. The summed E-state index contributed by atoms with van der Waals surface area (Å²) in [6.45, 7) is 13.6. The Morgan fingerprint density at radius 3 is 1.55 bits per heavy atom. The summed E-state index contributed by atoms with van der Waals surface area (Å²) in [6.07, 6.45) is 43.5. The van der Waals surface area contributed by atoms with E-state index in [4.69, 9.17) is 9.47 Å². The fraction of sp³-hybridized carbons (Fsp3) is 0.878. The zero-order valence-corrected chi connectivity index (χ0v) is 38.1. The number of carbonyl (C=O) groups excluding carboxylic acids is 2. The van der Waals surface area contributed by atoms with Gasteiger partial charge in [0.15, 0.2) is 0 Å². The quantitative estimate of drug-likeness (QED) is 0.0361. The molecular formula is C49H95N3O4. The van der Waals surface area contributed by atoms with Crippen molar-refractivity contribution >= 4 is 11.9 Å². The second-order valence-corrected chi connectivity index (χ2v) is 16.3. The molecule has 0 aromatic carbocycles. The first kappa shape index (κ1) is 54.0. The lowest BCUT2D eigenvalue weighted by molar-refractivity contribution is -0.150. The minimum absolute atomic E-state index is 0.0299. The van der Waals surface area contributed by atoms with Crippen LogP contribution in [0.3, 0.4) is 0 Å². The normalized spacial score (nSPS) is 11.9. The van der Waals surface area contributed by atoms with Gasteiger partial charge in [0.1, 0.15) is 12.7 Å². The highest BCUT2D eigenvalue weighted by molar-refractivity contribution is 5.69. The number of rotatable bonds is 44. The number of nitrogens with one attached hydrogen (secondary N) is 2. The predicted molar refractivity (Wildman–Crippen MR) is 242 cm³/mol. The lowest BCUT2D eigenvalue weighted by atomic mass is 10.0. The van der Waals surface area contributed by atoms with Crippen LogP contribution in [0.1, 0.15) is 233 Å². The molecule has 330 valence electrons. The number of nitrogens with zero attached hydrogens (tertiary/aromatic N) is 1. The van der Waals surface area contributed by atoms with Crippen LogP contribution in [0.4, 0.5) is 0 Å². The molecule has 0 aliphatic rings. The average Bonchev–Trinajstić information content (AvgIpc) is 3.20. The molecule has 0 rings (SSSR count). The van der Waals surface area contributed by atoms with E-state index < -0.39 is 0 Å². The van der Waals surface area contributed by atoms with Crippen molar-refractivity contribution in [1.29, 1.82) is 0 Å². The maximum Gasteiger partial charge on any atom is 0.306 e. The summed E-state index contributed by atoms with van der Waals surface area (Å²) in [5, 5.41) is 6.70. The van der Waals surface area contributed by atoms with E-state index in [1.807, 2.05) is 13.1 Å². The molecule has 0 unspecified atom stereocenters. The van der Waals surface area contributed by atoms with Crippen LogP contribution < -0.4 is 10.6 Å². The van der Waals surface area contributed by atoms with Crippen LogP contribution in [0.25, 0.3) is 0 Å². The number of ether oxygens (including phenoxy) is 2. The van der Waals surface area contributed by atoms with Crippen molar-refractivity contribution in [2.75, 3.05) is 39.8 Å². The first-order chi connectivity index (χ1) is 27.5. The molecule has 2 N–H and O–H groups in total. The number of allylic oxidation sites excluding steroid dienone is 2. The van der Waals surface area contributed by atoms with Gasteiger partial charge >= 0.3 is 11.9 Å². The van der Waals surface area contributed by atoms with Crippen LogP contribution in [-0.4, -0.2) is 62.8 Å². The van der Waals surface area contributed by atoms with E-state index in [1.165, 1.54) is 141 Å². The number of carbonyl (C=O) groups is 2. The van der Waals surface area contributed by atoms with Gasteiger partial charge in [-0.3, -0.25) is 9.59 Å². The van der Waals surface area contributed by atoms with Gasteiger partial charge in [-0.05, 0) is 103 Å². The standard InChI is InChI=1S/C49H95N3O4/c1-6-10-13-16-19-28-35-45-55-48(53)39-31-24-20-26-33-42-52(44-36-41-51-47(9-4)50-5)43-34-27-21-25-32-40-49(54)56-46(37-29-22-17-14-11-7-2)38-30-23-18-15-12-8-3/h9,28,35,46,50-51H,6-8,10-27,29-34,36-45H2,1-5H3/b35-28-,47-9+. The summed E-state index contributed by atoms with van der Waals surface area (Å²) in [5.41, 5.74) is 0. The molecule has 56 heavy (non-hydrogen) atoms. The first-order valence-corrected chi connectivity index (χ1v) is 24.3. The summed E-state index contributed by atoms with van der Waals surface area (Å²) in [4.78, 5) is 27.6. The Bertz CT molecular complexity index is 892. The average molecular weight is 790 g/mol. The summed E-state index contributed by atoms with van der Waals surface area (Å²) in [7, 11) is 1.96. The molecule has 0 saturated heterocycles. The SMILES string of the molecule is C/C=C(\NC)NCCCN(CCCCCCCC(=O)OC/C=C\CCCCCC)CCCCCCCC(=O)OC(CCCCCCCC)CCCCCCCC. The molecule has 0 aromatic rings. The van der Waals surface area contributed by atoms with Gasteiger partial charge in [-0.15, -0.1) is 0 Å². The monoisotopic (exact) mass is 790 g/mol. The van der Waals surface area contributed by atoms with Gasteiger partial charge < -0.3 is 25.0 Å². The Labute approximate surface area is 348 Å². The molecule has 0 amide bonds. The van der Waals surface area contributed by atoms with Crippen LogP contribution in [0.2, 0.25) is 0 Å². The third-order valence-corrected chi connectivity index (χ3v) is 11.0. The van der Waals surface area contributed by atoms with Gasteiger partial charge in [0.25, 0.3) is 0 Å². The molecule has 0 atom stereocenters. The second-order valence-electron chi connectivity index (χ2n) is 16.3. The van der Waals surface area contributed by atoms with Crippen molar-refractivity contribution in [2.24, 2.45) is 0 Å². The molecule has 0 fully saturated rings. The van der Waals surface area contributed by atoms with Crippen LogP contribution in [0, 0.1) is 0 Å². The van der Waals surface area contributed by atoms with Gasteiger partial charge in [-0.2, -0.15) is 0 Å². The minimum atomic E-state index is -0.0639. The van der Waals surface area contributed by atoms with Gasteiger partial charge in [-0.1, -0.05) is 155 Å². The number of esters is 2. The first-order valence-electron chi connectivity index (χ1n) is 24.3. The Morgan fingerprint density at radius 2 is 1.02 bits per heavy atom. The van der Waals surface area contributed by atoms with Gasteiger partial charge in [-0.25, -0.2) is 0 Å². The molecule has 0 radical (unpaired) electrons. The third-order valence-electron chi connectivity index (χ3n) is 11.0. The molecule has 0 aliphatic heterocycles. The molecule has 0 spiro atoms. The van der Waals surface area contributed by atoms with Crippen molar-refractivity contribution < 1.29 is 19.1 Å². The Hall–Kier alpha value is -2.02. The highest BCUT2D eigenvalue weighted by Crippen LogP contribution is 2.18. The maximum absolute atomic E-state index is 12.8. The van der Waals surface area contributed by atoms with Crippen molar-refractivity contribution in [3.05, 3.63) is 24.0 Å². The van der Waals surface area contributed by atoms with E-state index in [9.17, 15) is 9.59 Å². The third kappa shape index (κ3) is 38.8. The van der Waals surface area contributed by atoms with Crippen LogP contribution in [0.5, 0.6) is 0 Å². The summed E-state index contributed by atoms with van der Waals surface area (Å²) < 4.78 is 11.5. The van der Waals surface area contributed by atoms with E-state index in [1.54, 1.807) is 0 Å². The smallest absolute Gasteiger partial charge is 0.306 e. The largest absolute Gasteiger partial charge is 0.462 e. The highest BCUT2D eigenvalue weighted by Gasteiger charge is 2.14.